The quantitative estimate of drug-likeness (QED) is 0.246. The minimum atomic E-state index is -6.00. The van der Waals surface area contributed by atoms with E-state index in [1.54, 1.807) is 0 Å². The Bertz CT molecular complexity index is 1090. The average Bonchev–Trinajstić information content (AvgIpc) is 3.38. The summed E-state index contributed by atoms with van der Waals surface area (Å²) in [5, 5.41) is 0. The zero-order valence-corrected chi connectivity index (χ0v) is 14.9. The highest BCUT2D eigenvalue weighted by molar-refractivity contribution is 6.50. The van der Waals surface area contributed by atoms with Crippen LogP contribution >= 0.6 is 0 Å². The molecule has 5 heterocycles. The number of fused-ring (bicyclic) bond motifs is 8. The fraction of sp³-hybridized carbons (Fsp3) is 0. The van der Waals surface area contributed by atoms with Crippen molar-refractivity contribution in [1.82, 2.24) is 19.9 Å². The van der Waals surface area contributed by atoms with E-state index < -0.39 is 7.25 Å². The summed E-state index contributed by atoms with van der Waals surface area (Å²) < 4.78 is 39.0. The van der Waals surface area contributed by atoms with Gasteiger partial charge in [0, 0.05) is 22.1 Å². The Balaban J connectivity index is 0.000000386. The Hall–Kier alpha value is -3.62. The maximum absolute atomic E-state index is 9.75. The fourth-order valence-electron chi connectivity index (χ4n) is 2.94. The number of hydrogen-bond acceptors (Lipinski definition) is 2. The van der Waals surface area contributed by atoms with Gasteiger partial charge in [-0.25, -0.2) is 9.97 Å². The second-order valence-electron chi connectivity index (χ2n) is 6.40. The second-order valence-corrected chi connectivity index (χ2v) is 6.40. The van der Waals surface area contributed by atoms with Gasteiger partial charge in [0.25, 0.3) is 0 Å². The molecule has 2 aliphatic rings. The van der Waals surface area contributed by atoms with Gasteiger partial charge in [0.1, 0.15) is 0 Å². The van der Waals surface area contributed by atoms with Crippen LogP contribution in [0, 0.1) is 0 Å². The van der Waals surface area contributed by atoms with Crippen molar-refractivity contribution < 1.29 is 18.7 Å². The SMILES string of the molecule is C1=Cc2cc3ccc(cc4nc(cc5ccc(cc1n2)[nH]5)C=C4)[nH]3.F[B-](F)(F)F.[H+]. The first-order valence-electron chi connectivity index (χ1n) is 8.72. The zero-order valence-electron chi connectivity index (χ0n) is 15.9. The summed E-state index contributed by atoms with van der Waals surface area (Å²) in [6, 6.07) is 16.4. The highest BCUT2D eigenvalue weighted by Gasteiger charge is 2.20. The van der Waals surface area contributed by atoms with Crippen molar-refractivity contribution in [3.8, 4) is 0 Å². The van der Waals surface area contributed by atoms with Crippen molar-refractivity contribution in [3.05, 3.63) is 71.3 Å². The third-order valence-electron chi connectivity index (χ3n) is 4.04. The molecule has 0 radical (unpaired) electrons. The van der Waals surface area contributed by atoms with Crippen LogP contribution in [0.2, 0.25) is 0 Å². The molecular weight excluding hydrogens is 383 g/mol. The standard InChI is InChI=1S/C20H14N4.BF4/c1-2-14-10-16-5-6-18(23-16)12-20-8-7-19(24-20)11-17-4-3-15(22-17)9-13(1)21-14;2-1(3,4)5/h1-12,21,24H;/q;-1/p+1. The maximum Gasteiger partial charge on any atom is 1.00 e. The van der Waals surface area contributed by atoms with Crippen LogP contribution in [0.3, 0.4) is 0 Å². The number of nitrogens with zero attached hydrogens (tertiary/aromatic N) is 2. The molecule has 2 N–H and O–H groups in total. The largest absolute Gasteiger partial charge is 1.00 e. The summed E-state index contributed by atoms with van der Waals surface area (Å²) >= 11 is 0. The van der Waals surface area contributed by atoms with Crippen molar-refractivity contribution in [3.63, 3.8) is 0 Å². The number of rotatable bonds is 0. The van der Waals surface area contributed by atoms with E-state index in [9.17, 15) is 17.3 Å². The number of H-pyrrole nitrogens is 2. The Morgan fingerprint density at radius 2 is 0.793 bits per heavy atom. The molecule has 0 saturated carbocycles. The van der Waals surface area contributed by atoms with E-state index in [4.69, 9.17) is 0 Å². The number of halogens is 4. The van der Waals surface area contributed by atoms with Gasteiger partial charge in [-0.2, -0.15) is 0 Å². The molecule has 8 bridgehead atoms. The Morgan fingerprint density at radius 1 is 0.552 bits per heavy atom. The lowest BCUT2D eigenvalue weighted by atomic mass is 10.3. The molecule has 0 spiro atoms. The first-order chi connectivity index (χ1) is 13.8. The second kappa shape index (κ2) is 7.42. The number of aromatic nitrogens is 4. The topological polar surface area (TPSA) is 57.4 Å². The van der Waals surface area contributed by atoms with Gasteiger partial charge in [0.05, 0.1) is 22.8 Å². The molecule has 4 nitrogen and oxygen atoms in total. The van der Waals surface area contributed by atoms with Gasteiger partial charge in [-0.3, -0.25) is 0 Å². The van der Waals surface area contributed by atoms with Crippen molar-refractivity contribution in [1.29, 1.82) is 0 Å². The van der Waals surface area contributed by atoms with Crippen molar-refractivity contribution >= 4 is 53.6 Å². The third-order valence-corrected chi connectivity index (χ3v) is 4.04. The molecule has 2 aliphatic heterocycles. The Labute approximate surface area is 164 Å². The summed E-state index contributed by atoms with van der Waals surface area (Å²) in [4.78, 5) is 16.0. The van der Waals surface area contributed by atoms with Crippen LogP contribution < -0.4 is 0 Å². The molecule has 0 aromatic carbocycles. The normalized spacial score (nSPS) is 12.6. The smallest absolute Gasteiger partial charge is 0.418 e. The number of nitrogens with one attached hydrogen (secondary N) is 2. The van der Waals surface area contributed by atoms with Crippen molar-refractivity contribution in [2.24, 2.45) is 0 Å². The molecule has 0 fully saturated rings. The van der Waals surface area contributed by atoms with Crippen LogP contribution in [-0.4, -0.2) is 27.2 Å². The van der Waals surface area contributed by atoms with Crippen LogP contribution in [0.1, 0.15) is 24.2 Å². The van der Waals surface area contributed by atoms with Gasteiger partial charge < -0.3 is 27.2 Å². The lowest BCUT2D eigenvalue weighted by Gasteiger charge is -1.94. The van der Waals surface area contributed by atoms with Gasteiger partial charge in [-0.05, 0) is 72.8 Å². The molecule has 5 rings (SSSR count). The molecule has 0 unspecified atom stereocenters. The predicted molar refractivity (Wildman–Crippen MR) is 110 cm³/mol. The van der Waals surface area contributed by atoms with Gasteiger partial charge in [0.15, 0.2) is 0 Å². The Kier molecular flexibility index (Phi) is 4.80. The first kappa shape index (κ1) is 18.7. The monoisotopic (exact) mass is 398 g/mol. The molecule has 146 valence electrons. The zero-order chi connectivity index (χ0) is 20.4. The van der Waals surface area contributed by atoms with Crippen LogP contribution in [0.4, 0.5) is 17.3 Å². The average molecular weight is 398 g/mol. The van der Waals surface area contributed by atoms with Gasteiger partial charge in [0.2, 0.25) is 0 Å². The summed E-state index contributed by atoms with van der Waals surface area (Å²) in [6.45, 7) is 0. The van der Waals surface area contributed by atoms with Crippen molar-refractivity contribution in [2.75, 3.05) is 0 Å². The lowest BCUT2D eigenvalue weighted by Crippen LogP contribution is -2.02. The highest BCUT2D eigenvalue weighted by Crippen LogP contribution is 2.17. The fourth-order valence-corrected chi connectivity index (χ4v) is 2.94. The van der Waals surface area contributed by atoms with Crippen molar-refractivity contribution in [2.45, 2.75) is 0 Å². The molecule has 3 aromatic heterocycles. The van der Waals surface area contributed by atoms with Crippen LogP contribution in [-0.2, 0) is 0 Å². The third kappa shape index (κ3) is 5.22. The van der Waals surface area contributed by atoms with E-state index in [2.05, 4.69) is 44.2 Å². The Morgan fingerprint density at radius 3 is 1.03 bits per heavy atom. The molecule has 9 heteroatoms. The van der Waals surface area contributed by atoms with Crippen LogP contribution in [0.5, 0.6) is 0 Å². The molecule has 29 heavy (non-hydrogen) atoms. The molecule has 3 aromatic rings. The minimum Gasteiger partial charge on any atom is -0.418 e. The number of hydrogen-bond donors (Lipinski definition) is 2. The van der Waals surface area contributed by atoms with Gasteiger partial charge in [-0.15, -0.1) is 0 Å². The summed E-state index contributed by atoms with van der Waals surface area (Å²) in [7, 11) is -6.00. The van der Waals surface area contributed by atoms with E-state index in [0.29, 0.717) is 0 Å². The summed E-state index contributed by atoms with van der Waals surface area (Å²) in [5.41, 5.74) is 7.86. The first-order valence-corrected chi connectivity index (χ1v) is 8.72. The molecule has 0 saturated heterocycles. The molecule has 0 amide bonds. The van der Waals surface area contributed by atoms with Crippen LogP contribution in [0.25, 0.3) is 46.4 Å². The van der Waals surface area contributed by atoms with Crippen LogP contribution in [0.15, 0.2) is 48.5 Å². The molecule has 0 atom stereocenters. The van der Waals surface area contributed by atoms with E-state index in [1.807, 2.05) is 48.6 Å². The summed E-state index contributed by atoms with van der Waals surface area (Å²) in [6.07, 6.45) is 8.09. The minimum absolute atomic E-state index is 0. The molecular formula is C20H15BF4N4. The highest BCUT2D eigenvalue weighted by atomic mass is 19.5. The van der Waals surface area contributed by atoms with Gasteiger partial charge >= 0.3 is 8.68 Å². The number of aromatic amines is 2. The maximum atomic E-state index is 9.75. The van der Waals surface area contributed by atoms with E-state index >= 15 is 0 Å². The van der Waals surface area contributed by atoms with E-state index in [1.165, 1.54) is 0 Å². The molecule has 0 aliphatic carbocycles. The summed E-state index contributed by atoms with van der Waals surface area (Å²) in [5.74, 6) is 0. The van der Waals surface area contributed by atoms with Gasteiger partial charge in [-0.1, -0.05) is 0 Å². The lowest BCUT2D eigenvalue weighted by molar-refractivity contribution is 0.368. The predicted octanol–water partition coefficient (Wildman–Crippen LogP) is 6.07. The van der Waals surface area contributed by atoms with E-state index in [0.717, 1.165) is 44.8 Å². The van der Waals surface area contributed by atoms with E-state index in [-0.39, 0.29) is 1.43 Å².